The lowest BCUT2D eigenvalue weighted by atomic mass is 9.62. The highest BCUT2D eigenvalue weighted by Crippen LogP contribution is 2.49. The van der Waals surface area contributed by atoms with Crippen molar-refractivity contribution in [2.24, 2.45) is 7.05 Å². The average Bonchev–Trinajstić information content (AvgIpc) is 2.80. The molecule has 1 aliphatic carbocycles. The molecule has 1 saturated carbocycles. The zero-order valence-electron chi connectivity index (χ0n) is 11.2. The van der Waals surface area contributed by atoms with Crippen molar-refractivity contribution in [3.05, 3.63) is 39.6 Å². The molecule has 1 fully saturated rings. The topological polar surface area (TPSA) is 52.8 Å². The summed E-state index contributed by atoms with van der Waals surface area (Å²) in [5, 5.41) is 8.75. The van der Waals surface area contributed by atoms with Crippen LogP contribution in [-0.4, -0.2) is 33.0 Å². The van der Waals surface area contributed by atoms with Crippen LogP contribution in [0.2, 0.25) is 5.15 Å². The first-order valence-electron chi connectivity index (χ1n) is 6.25. The molecule has 5 nitrogen and oxygen atoms in total. The molecule has 0 N–H and O–H groups in total. The van der Waals surface area contributed by atoms with Crippen molar-refractivity contribution >= 4 is 27.5 Å². The first-order chi connectivity index (χ1) is 9.56. The van der Waals surface area contributed by atoms with E-state index in [1.165, 1.54) is 0 Å². The molecule has 0 amide bonds. The van der Waals surface area contributed by atoms with E-state index in [0.717, 1.165) is 28.7 Å². The smallest absolute Gasteiger partial charge is 0.143 e. The molecule has 106 valence electrons. The molecule has 7 heteroatoms. The fraction of sp³-hybridized carbons (Fsp3) is 0.462. The molecule has 3 rings (SSSR count). The molecule has 0 aliphatic heterocycles. The lowest BCUT2D eigenvalue weighted by Gasteiger charge is -2.46. The fourth-order valence-electron chi connectivity index (χ4n) is 2.83. The Hall–Kier alpha value is -0.980. The number of pyridine rings is 1. The highest BCUT2D eigenvalue weighted by atomic mass is 79.9. The van der Waals surface area contributed by atoms with Gasteiger partial charge in [0.25, 0.3) is 0 Å². The first kappa shape index (κ1) is 14.0. The summed E-state index contributed by atoms with van der Waals surface area (Å²) >= 11 is 9.43. The van der Waals surface area contributed by atoms with Crippen LogP contribution in [-0.2, 0) is 17.2 Å². The maximum Gasteiger partial charge on any atom is 0.143 e. The number of rotatable bonds is 3. The minimum absolute atomic E-state index is 0.202. The molecule has 0 saturated heterocycles. The van der Waals surface area contributed by atoms with E-state index in [9.17, 15) is 0 Å². The van der Waals surface area contributed by atoms with Gasteiger partial charge in [-0.1, -0.05) is 11.6 Å². The van der Waals surface area contributed by atoms with Crippen LogP contribution >= 0.6 is 27.5 Å². The van der Waals surface area contributed by atoms with Crippen molar-refractivity contribution in [1.29, 1.82) is 0 Å². The third-order valence-corrected chi connectivity index (χ3v) is 5.11. The van der Waals surface area contributed by atoms with Crippen LogP contribution in [0.5, 0.6) is 0 Å². The summed E-state index contributed by atoms with van der Waals surface area (Å²) < 4.78 is 8.18. The summed E-state index contributed by atoms with van der Waals surface area (Å²) in [4.78, 5) is 4.24. The van der Waals surface area contributed by atoms with Crippen molar-refractivity contribution < 1.29 is 4.74 Å². The molecular formula is C13H14BrClN4O. The molecule has 0 spiro atoms. The molecule has 0 atom stereocenters. The van der Waals surface area contributed by atoms with E-state index in [0.29, 0.717) is 5.15 Å². The Labute approximate surface area is 130 Å². The van der Waals surface area contributed by atoms with Gasteiger partial charge in [-0.3, -0.25) is 0 Å². The van der Waals surface area contributed by atoms with Crippen molar-refractivity contribution in [2.75, 3.05) is 7.11 Å². The van der Waals surface area contributed by atoms with Crippen LogP contribution in [0.3, 0.4) is 0 Å². The van der Waals surface area contributed by atoms with Crippen LogP contribution in [0.15, 0.2) is 23.1 Å². The van der Waals surface area contributed by atoms with Gasteiger partial charge in [-0.2, -0.15) is 0 Å². The molecular weight excluding hydrogens is 344 g/mol. The molecule has 0 radical (unpaired) electrons. The zero-order chi connectivity index (χ0) is 14.3. The van der Waals surface area contributed by atoms with E-state index in [2.05, 4.69) is 31.1 Å². The monoisotopic (exact) mass is 356 g/mol. The van der Waals surface area contributed by atoms with Gasteiger partial charge >= 0.3 is 0 Å². The van der Waals surface area contributed by atoms with E-state index < -0.39 is 0 Å². The van der Waals surface area contributed by atoms with Gasteiger partial charge in [-0.15, -0.1) is 10.2 Å². The molecule has 2 aromatic heterocycles. The van der Waals surface area contributed by atoms with Crippen LogP contribution in [0.25, 0.3) is 0 Å². The minimum Gasteiger partial charge on any atom is -0.381 e. The third-order valence-electron chi connectivity index (χ3n) is 3.97. The Balaban J connectivity index is 2.07. The number of aryl methyl sites for hydroxylation is 1. The van der Waals surface area contributed by atoms with Gasteiger partial charge in [0, 0.05) is 20.4 Å². The molecule has 0 bridgehead atoms. The van der Waals surface area contributed by atoms with Crippen LogP contribution in [0.1, 0.15) is 24.2 Å². The Morgan fingerprint density at radius 3 is 2.80 bits per heavy atom. The second-order valence-corrected chi connectivity index (χ2v) is 6.32. The summed E-state index contributed by atoms with van der Waals surface area (Å²) in [7, 11) is 3.69. The predicted molar refractivity (Wildman–Crippen MR) is 78.8 cm³/mol. The summed E-state index contributed by atoms with van der Waals surface area (Å²) in [6.07, 6.45) is 5.50. The SMILES string of the molecule is COC1CC(c2cnc(Cl)c(Br)c2)(c2nncn2C)C1. The number of hydrogen-bond acceptors (Lipinski definition) is 4. The van der Waals surface area contributed by atoms with Crippen LogP contribution in [0.4, 0.5) is 0 Å². The molecule has 2 heterocycles. The van der Waals surface area contributed by atoms with Crippen LogP contribution in [0, 0.1) is 0 Å². The van der Waals surface area contributed by atoms with E-state index in [-0.39, 0.29) is 11.5 Å². The second-order valence-electron chi connectivity index (χ2n) is 5.11. The quantitative estimate of drug-likeness (QED) is 0.793. The maximum absolute atomic E-state index is 5.99. The summed E-state index contributed by atoms with van der Waals surface area (Å²) in [6, 6.07) is 2.01. The van der Waals surface area contributed by atoms with Crippen molar-refractivity contribution in [3.8, 4) is 0 Å². The summed E-state index contributed by atoms with van der Waals surface area (Å²) in [5.74, 6) is 0.932. The fourth-order valence-corrected chi connectivity index (χ4v) is 3.28. The largest absolute Gasteiger partial charge is 0.381 e. The van der Waals surface area contributed by atoms with Crippen molar-refractivity contribution in [2.45, 2.75) is 24.4 Å². The predicted octanol–water partition coefficient (Wildman–Crippen LogP) is 2.72. The number of ether oxygens (including phenoxy) is 1. The summed E-state index contributed by atoms with van der Waals surface area (Å²) in [5.41, 5.74) is 0.879. The van der Waals surface area contributed by atoms with E-state index in [4.69, 9.17) is 16.3 Å². The molecule has 2 aromatic rings. The number of methoxy groups -OCH3 is 1. The van der Waals surface area contributed by atoms with Gasteiger partial charge in [0.2, 0.25) is 0 Å². The Morgan fingerprint density at radius 1 is 1.50 bits per heavy atom. The Morgan fingerprint density at radius 2 is 2.25 bits per heavy atom. The maximum atomic E-state index is 5.99. The van der Waals surface area contributed by atoms with Gasteiger partial charge in [0.1, 0.15) is 17.3 Å². The van der Waals surface area contributed by atoms with Gasteiger partial charge in [-0.25, -0.2) is 4.98 Å². The lowest BCUT2D eigenvalue weighted by Crippen LogP contribution is -2.48. The van der Waals surface area contributed by atoms with Gasteiger partial charge in [-0.05, 0) is 40.4 Å². The minimum atomic E-state index is -0.202. The lowest BCUT2D eigenvalue weighted by molar-refractivity contribution is -0.00709. The number of halogens is 2. The van der Waals surface area contributed by atoms with E-state index in [1.807, 2.05) is 23.9 Å². The molecule has 1 aliphatic rings. The van der Waals surface area contributed by atoms with E-state index >= 15 is 0 Å². The highest BCUT2D eigenvalue weighted by Gasteiger charge is 2.50. The average molecular weight is 358 g/mol. The van der Waals surface area contributed by atoms with Gasteiger partial charge in [0.15, 0.2) is 0 Å². The van der Waals surface area contributed by atoms with Crippen LogP contribution < -0.4 is 0 Å². The second kappa shape index (κ2) is 5.09. The Kier molecular flexibility index (Phi) is 3.56. The standard InChI is InChI=1S/C13H14BrClN4O/c1-19-7-17-18-12(19)13(4-9(5-13)20-2)8-3-10(14)11(15)16-6-8/h3,6-7,9H,4-5H2,1-2H3. The molecule has 20 heavy (non-hydrogen) atoms. The Bertz CT molecular complexity index is 639. The molecule has 0 aromatic carbocycles. The normalized spacial score (nSPS) is 25.5. The summed E-state index contributed by atoms with van der Waals surface area (Å²) in [6.45, 7) is 0. The number of aromatic nitrogens is 4. The van der Waals surface area contributed by atoms with Gasteiger partial charge < -0.3 is 9.30 Å². The zero-order valence-corrected chi connectivity index (χ0v) is 13.5. The first-order valence-corrected chi connectivity index (χ1v) is 7.43. The number of nitrogens with zero attached hydrogens (tertiary/aromatic N) is 4. The van der Waals surface area contributed by atoms with Gasteiger partial charge in [0.05, 0.1) is 16.0 Å². The third kappa shape index (κ3) is 2.06. The van der Waals surface area contributed by atoms with Crippen molar-refractivity contribution in [3.63, 3.8) is 0 Å². The molecule has 0 unspecified atom stereocenters. The van der Waals surface area contributed by atoms with Crippen molar-refractivity contribution in [1.82, 2.24) is 19.7 Å². The number of hydrogen-bond donors (Lipinski definition) is 0. The van der Waals surface area contributed by atoms with E-state index in [1.54, 1.807) is 13.4 Å². The highest BCUT2D eigenvalue weighted by molar-refractivity contribution is 9.10.